The zero-order valence-electron chi connectivity index (χ0n) is 14.6. The van der Waals surface area contributed by atoms with Crippen molar-refractivity contribution in [1.82, 2.24) is 14.9 Å². The SMILES string of the molecule is CC1C(c2cc3c(Nc4ccc5scnc5c4)ccnc3s2)=CCN1C. The summed E-state index contributed by atoms with van der Waals surface area (Å²) in [5.74, 6) is 0. The van der Waals surface area contributed by atoms with Crippen molar-refractivity contribution in [3.63, 3.8) is 0 Å². The van der Waals surface area contributed by atoms with Crippen molar-refractivity contribution in [3.05, 3.63) is 53.0 Å². The number of thiophene rings is 1. The third kappa shape index (κ3) is 2.61. The maximum absolute atomic E-state index is 4.59. The third-order valence-electron chi connectivity index (χ3n) is 5.04. The number of aromatic nitrogens is 2. The van der Waals surface area contributed by atoms with Gasteiger partial charge in [-0.2, -0.15) is 0 Å². The molecule has 0 radical (unpaired) electrons. The Bertz CT molecular complexity index is 1140. The smallest absolute Gasteiger partial charge is 0.125 e. The Hall–Kier alpha value is -2.28. The van der Waals surface area contributed by atoms with Crippen molar-refractivity contribution in [2.45, 2.75) is 13.0 Å². The molecule has 0 bridgehead atoms. The molecule has 0 fully saturated rings. The van der Waals surface area contributed by atoms with Crippen molar-refractivity contribution >= 4 is 60.1 Å². The van der Waals surface area contributed by atoms with E-state index in [2.05, 4.69) is 64.5 Å². The summed E-state index contributed by atoms with van der Waals surface area (Å²) in [4.78, 5) is 13.7. The molecule has 130 valence electrons. The summed E-state index contributed by atoms with van der Waals surface area (Å²) in [6.45, 7) is 3.27. The van der Waals surface area contributed by atoms with Crippen LogP contribution in [0.5, 0.6) is 0 Å². The molecule has 0 aliphatic carbocycles. The zero-order chi connectivity index (χ0) is 17.7. The number of pyridine rings is 1. The molecule has 0 saturated heterocycles. The highest BCUT2D eigenvalue weighted by Crippen LogP contribution is 2.38. The van der Waals surface area contributed by atoms with E-state index in [0.29, 0.717) is 6.04 Å². The number of thiazole rings is 1. The van der Waals surface area contributed by atoms with Gasteiger partial charge >= 0.3 is 0 Å². The number of anilines is 2. The minimum absolute atomic E-state index is 0.451. The van der Waals surface area contributed by atoms with Crippen LogP contribution in [0.1, 0.15) is 11.8 Å². The van der Waals surface area contributed by atoms with Gasteiger partial charge in [-0.05, 0) is 49.9 Å². The minimum atomic E-state index is 0.451. The van der Waals surface area contributed by atoms with Gasteiger partial charge in [0.2, 0.25) is 0 Å². The van der Waals surface area contributed by atoms with E-state index in [1.807, 2.05) is 17.8 Å². The zero-order valence-corrected chi connectivity index (χ0v) is 16.2. The minimum Gasteiger partial charge on any atom is -0.355 e. The highest BCUT2D eigenvalue weighted by atomic mass is 32.1. The second-order valence-electron chi connectivity index (χ2n) is 6.62. The van der Waals surface area contributed by atoms with Crippen LogP contribution >= 0.6 is 22.7 Å². The molecule has 1 aliphatic heterocycles. The third-order valence-corrected chi connectivity index (χ3v) is 6.94. The van der Waals surface area contributed by atoms with Gasteiger partial charge in [-0.15, -0.1) is 22.7 Å². The molecular weight excluding hydrogens is 360 g/mol. The first-order valence-corrected chi connectivity index (χ1v) is 10.3. The van der Waals surface area contributed by atoms with Crippen molar-refractivity contribution in [1.29, 1.82) is 0 Å². The van der Waals surface area contributed by atoms with Gasteiger partial charge in [-0.3, -0.25) is 4.90 Å². The van der Waals surface area contributed by atoms with E-state index >= 15 is 0 Å². The molecule has 4 heterocycles. The number of hydrogen-bond acceptors (Lipinski definition) is 6. The Kier molecular flexibility index (Phi) is 3.77. The number of fused-ring (bicyclic) bond motifs is 2. The predicted molar refractivity (Wildman–Crippen MR) is 113 cm³/mol. The van der Waals surface area contributed by atoms with Crippen LogP contribution in [0.15, 0.2) is 48.1 Å². The second kappa shape index (κ2) is 6.16. The average Bonchev–Trinajstić information content (AvgIpc) is 3.34. The molecule has 1 aliphatic rings. The fourth-order valence-corrected chi connectivity index (χ4v) is 5.20. The molecular formula is C20H18N4S2. The molecule has 1 N–H and O–H groups in total. The molecule has 1 unspecified atom stereocenters. The van der Waals surface area contributed by atoms with E-state index in [0.717, 1.165) is 28.3 Å². The van der Waals surface area contributed by atoms with Gasteiger partial charge < -0.3 is 5.32 Å². The normalized spacial score (nSPS) is 17.9. The summed E-state index contributed by atoms with van der Waals surface area (Å²) >= 11 is 3.44. The maximum Gasteiger partial charge on any atom is 0.125 e. The van der Waals surface area contributed by atoms with Crippen LogP contribution in [0.2, 0.25) is 0 Å². The Morgan fingerprint density at radius 2 is 2.12 bits per heavy atom. The van der Waals surface area contributed by atoms with Crippen molar-refractivity contribution in [2.24, 2.45) is 0 Å². The van der Waals surface area contributed by atoms with E-state index in [1.165, 1.54) is 20.5 Å². The molecule has 3 aromatic heterocycles. The topological polar surface area (TPSA) is 41.1 Å². The van der Waals surface area contributed by atoms with Gasteiger partial charge in [-0.25, -0.2) is 9.97 Å². The molecule has 0 amide bonds. The first kappa shape index (κ1) is 15.9. The summed E-state index contributed by atoms with van der Waals surface area (Å²) in [6, 6.07) is 11.1. The van der Waals surface area contributed by atoms with Gasteiger partial charge in [0.25, 0.3) is 0 Å². The summed E-state index contributed by atoms with van der Waals surface area (Å²) in [7, 11) is 2.17. The first-order valence-electron chi connectivity index (χ1n) is 8.58. The molecule has 6 heteroatoms. The summed E-state index contributed by atoms with van der Waals surface area (Å²) in [6.07, 6.45) is 4.21. The lowest BCUT2D eigenvalue weighted by Gasteiger charge is -2.17. The lowest BCUT2D eigenvalue weighted by Crippen LogP contribution is -2.23. The van der Waals surface area contributed by atoms with E-state index < -0.39 is 0 Å². The Morgan fingerprint density at radius 1 is 1.19 bits per heavy atom. The number of benzene rings is 1. The van der Waals surface area contributed by atoms with Crippen LogP contribution in [0.3, 0.4) is 0 Å². The number of rotatable bonds is 3. The Morgan fingerprint density at radius 3 is 2.96 bits per heavy atom. The Labute approximate surface area is 159 Å². The molecule has 0 spiro atoms. The fourth-order valence-electron chi connectivity index (χ4n) is 3.40. The molecule has 4 nitrogen and oxygen atoms in total. The Balaban J connectivity index is 1.53. The highest BCUT2D eigenvalue weighted by Gasteiger charge is 2.23. The van der Waals surface area contributed by atoms with Crippen LogP contribution in [-0.2, 0) is 0 Å². The second-order valence-corrected chi connectivity index (χ2v) is 8.54. The number of hydrogen-bond donors (Lipinski definition) is 1. The molecule has 1 aromatic carbocycles. The van der Waals surface area contributed by atoms with Gasteiger partial charge in [0.15, 0.2) is 0 Å². The number of nitrogens with zero attached hydrogens (tertiary/aromatic N) is 3. The fraction of sp³-hybridized carbons (Fsp3) is 0.200. The average molecular weight is 379 g/mol. The largest absolute Gasteiger partial charge is 0.355 e. The predicted octanol–water partition coefficient (Wildman–Crippen LogP) is 5.37. The molecule has 5 rings (SSSR count). The van der Waals surface area contributed by atoms with Crippen LogP contribution in [0, 0.1) is 0 Å². The monoisotopic (exact) mass is 378 g/mol. The van der Waals surface area contributed by atoms with Crippen molar-refractivity contribution in [3.8, 4) is 0 Å². The molecule has 4 aromatic rings. The van der Waals surface area contributed by atoms with Crippen molar-refractivity contribution < 1.29 is 0 Å². The van der Waals surface area contributed by atoms with Gasteiger partial charge in [0, 0.05) is 34.7 Å². The first-order chi connectivity index (χ1) is 12.7. The van der Waals surface area contributed by atoms with Gasteiger partial charge in [0.1, 0.15) is 4.83 Å². The van der Waals surface area contributed by atoms with Crippen LogP contribution < -0.4 is 5.32 Å². The van der Waals surface area contributed by atoms with E-state index in [-0.39, 0.29) is 0 Å². The summed E-state index contributed by atoms with van der Waals surface area (Å²) in [5, 5.41) is 4.73. The quantitative estimate of drug-likeness (QED) is 0.520. The summed E-state index contributed by atoms with van der Waals surface area (Å²) < 4.78 is 1.21. The highest BCUT2D eigenvalue weighted by molar-refractivity contribution is 7.19. The van der Waals surface area contributed by atoms with Gasteiger partial charge in [0.05, 0.1) is 21.4 Å². The van der Waals surface area contributed by atoms with E-state index in [9.17, 15) is 0 Å². The van der Waals surface area contributed by atoms with Crippen LogP contribution in [0.25, 0.3) is 26.0 Å². The summed E-state index contributed by atoms with van der Waals surface area (Å²) in [5.41, 5.74) is 6.47. The van der Waals surface area contributed by atoms with E-state index in [1.54, 1.807) is 22.7 Å². The van der Waals surface area contributed by atoms with Crippen molar-refractivity contribution in [2.75, 3.05) is 18.9 Å². The van der Waals surface area contributed by atoms with E-state index in [4.69, 9.17) is 0 Å². The number of likely N-dealkylation sites (N-methyl/N-ethyl adjacent to an activating group) is 1. The lowest BCUT2D eigenvalue weighted by molar-refractivity contribution is 0.358. The van der Waals surface area contributed by atoms with Crippen LogP contribution in [0.4, 0.5) is 11.4 Å². The standard InChI is InChI=1S/C20H18N4S2/c1-12-14(6-8-24(12)2)19-10-15-16(5-7-21-20(15)26-19)23-13-3-4-18-17(9-13)22-11-25-18/h3-7,9-12H,8H2,1-2H3,(H,21,23). The molecule has 0 saturated carbocycles. The molecule has 1 atom stereocenters. The lowest BCUT2D eigenvalue weighted by atomic mass is 10.1. The maximum atomic E-state index is 4.59. The molecule has 26 heavy (non-hydrogen) atoms. The van der Waals surface area contributed by atoms with Crippen LogP contribution in [-0.4, -0.2) is 34.5 Å². The van der Waals surface area contributed by atoms with Gasteiger partial charge in [-0.1, -0.05) is 6.08 Å². The number of nitrogens with one attached hydrogen (secondary N) is 1.